The minimum Gasteiger partial charge on any atom is -0.476 e. The van der Waals surface area contributed by atoms with Crippen LogP contribution in [0.25, 0.3) is 0 Å². The summed E-state index contributed by atoms with van der Waals surface area (Å²) in [5.41, 5.74) is 2.32. The molecule has 0 aromatic carbocycles. The van der Waals surface area contributed by atoms with E-state index < -0.39 is 0 Å². The first-order chi connectivity index (χ1) is 12.4. The Morgan fingerprint density at radius 1 is 1.42 bits per heavy atom. The molecule has 2 aromatic heterocycles. The topological polar surface area (TPSA) is 67.6 Å². The summed E-state index contributed by atoms with van der Waals surface area (Å²) in [7, 11) is 5.73. The number of rotatable bonds is 7. The second kappa shape index (κ2) is 9.43. The summed E-state index contributed by atoms with van der Waals surface area (Å²) in [6.45, 7) is 6.14. The van der Waals surface area contributed by atoms with E-state index in [0.717, 1.165) is 18.2 Å². The van der Waals surface area contributed by atoms with Crippen molar-refractivity contribution in [2.75, 3.05) is 27.2 Å². The Labute approximate surface area is 160 Å². The molecule has 0 atom stereocenters. The third kappa shape index (κ3) is 5.62. The van der Waals surface area contributed by atoms with E-state index in [2.05, 4.69) is 45.3 Å². The first-order valence-corrected chi connectivity index (χ1v) is 8.97. The molecule has 0 bridgehead atoms. The summed E-state index contributed by atoms with van der Waals surface area (Å²) >= 11 is 5.81. The summed E-state index contributed by atoms with van der Waals surface area (Å²) in [6.07, 6.45) is 3.63. The molecule has 2 aromatic rings. The molecule has 0 fully saturated rings. The maximum atomic E-state index is 5.81. The number of pyridine rings is 1. The second-order valence-electron chi connectivity index (χ2n) is 6.36. The molecule has 0 aliphatic carbocycles. The highest BCUT2D eigenvalue weighted by atomic mass is 35.5. The standard InChI is InChI=1S/C18H27ClN6O/c1-13(2)17-14(12-25(5)23-17)11-24(4)18(20-3)21-8-9-26-16-7-6-15(19)10-22-16/h6-7,10,12-13H,8-9,11H2,1-5H3,(H,20,21). The van der Waals surface area contributed by atoms with Crippen LogP contribution < -0.4 is 10.1 Å². The number of hydrogen-bond donors (Lipinski definition) is 1. The monoisotopic (exact) mass is 378 g/mol. The lowest BCUT2D eigenvalue weighted by atomic mass is 10.1. The van der Waals surface area contributed by atoms with Crippen molar-refractivity contribution in [3.05, 3.63) is 40.8 Å². The highest BCUT2D eigenvalue weighted by Gasteiger charge is 2.15. The zero-order valence-corrected chi connectivity index (χ0v) is 16.8. The van der Waals surface area contributed by atoms with Gasteiger partial charge < -0.3 is 15.0 Å². The van der Waals surface area contributed by atoms with Gasteiger partial charge in [0.25, 0.3) is 0 Å². The van der Waals surface area contributed by atoms with Gasteiger partial charge in [-0.3, -0.25) is 9.67 Å². The Morgan fingerprint density at radius 3 is 2.81 bits per heavy atom. The normalized spacial score (nSPS) is 11.7. The van der Waals surface area contributed by atoms with E-state index in [-0.39, 0.29) is 0 Å². The third-order valence-electron chi connectivity index (χ3n) is 3.80. The molecule has 1 N–H and O–H groups in total. The average Bonchev–Trinajstić information content (AvgIpc) is 2.97. The maximum Gasteiger partial charge on any atom is 0.213 e. The van der Waals surface area contributed by atoms with Crippen molar-refractivity contribution in [3.63, 3.8) is 0 Å². The van der Waals surface area contributed by atoms with Crippen LogP contribution in [0.1, 0.15) is 31.0 Å². The molecule has 0 radical (unpaired) electrons. The lowest BCUT2D eigenvalue weighted by molar-refractivity contribution is 0.307. The molecule has 0 aliphatic heterocycles. The van der Waals surface area contributed by atoms with Crippen molar-refractivity contribution in [1.82, 2.24) is 25.0 Å². The van der Waals surface area contributed by atoms with Crippen molar-refractivity contribution < 1.29 is 4.74 Å². The molecule has 2 heterocycles. The highest BCUT2D eigenvalue weighted by Crippen LogP contribution is 2.18. The zero-order valence-electron chi connectivity index (χ0n) is 16.0. The van der Waals surface area contributed by atoms with Gasteiger partial charge in [0.2, 0.25) is 5.88 Å². The Morgan fingerprint density at radius 2 is 2.19 bits per heavy atom. The Balaban J connectivity index is 1.85. The van der Waals surface area contributed by atoms with Crippen LogP contribution in [0.3, 0.4) is 0 Å². The molecular weight excluding hydrogens is 352 g/mol. The van der Waals surface area contributed by atoms with Gasteiger partial charge in [-0.2, -0.15) is 5.10 Å². The first kappa shape index (κ1) is 20.0. The van der Waals surface area contributed by atoms with Crippen LogP contribution in [0.2, 0.25) is 5.02 Å². The number of aryl methyl sites for hydroxylation is 1. The summed E-state index contributed by atoms with van der Waals surface area (Å²) in [5, 5.41) is 8.44. The molecule has 0 unspecified atom stereocenters. The highest BCUT2D eigenvalue weighted by molar-refractivity contribution is 6.30. The first-order valence-electron chi connectivity index (χ1n) is 8.59. The molecular formula is C18H27ClN6O. The Kier molecular flexibility index (Phi) is 7.26. The van der Waals surface area contributed by atoms with Gasteiger partial charge in [0.15, 0.2) is 5.96 Å². The largest absolute Gasteiger partial charge is 0.476 e. The van der Waals surface area contributed by atoms with E-state index >= 15 is 0 Å². The number of nitrogens with one attached hydrogen (secondary N) is 1. The fourth-order valence-corrected chi connectivity index (χ4v) is 2.76. The predicted molar refractivity (Wildman–Crippen MR) is 105 cm³/mol. The lowest BCUT2D eigenvalue weighted by Crippen LogP contribution is -2.40. The van der Waals surface area contributed by atoms with E-state index in [4.69, 9.17) is 16.3 Å². The fourth-order valence-electron chi connectivity index (χ4n) is 2.64. The van der Waals surface area contributed by atoms with Crippen LogP contribution in [0.15, 0.2) is 29.5 Å². The van der Waals surface area contributed by atoms with Crippen molar-refractivity contribution in [3.8, 4) is 5.88 Å². The molecule has 7 nitrogen and oxygen atoms in total. The van der Waals surface area contributed by atoms with Gasteiger partial charge in [0, 0.05) is 51.7 Å². The van der Waals surface area contributed by atoms with Crippen molar-refractivity contribution in [1.29, 1.82) is 0 Å². The zero-order chi connectivity index (χ0) is 19.1. The van der Waals surface area contributed by atoms with Crippen molar-refractivity contribution in [2.24, 2.45) is 12.0 Å². The van der Waals surface area contributed by atoms with Gasteiger partial charge in [-0.1, -0.05) is 25.4 Å². The summed E-state index contributed by atoms with van der Waals surface area (Å²) in [5.74, 6) is 1.74. The summed E-state index contributed by atoms with van der Waals surface area (Å²) in [4.78, 5) is 10.5. The Bertz CT molecular complexity index is 726. The number of halogens is 1. The van der Waals surface area contributed by atoms with Crippen LogP contribution in [-0.2, 0) is 13.6 Å². The number of aliphatic imine (C=N–C) groups is 1. The second-order valence-corrected chi connectivity index (χ2v) is 6.80. The van der Waals surface area contributed by atoms with E-state index in [0.29, 0.717) is 30.0 Å². The Hall–Kier alpha value is -2.28. The van der Waals surface area contributed by atoms with E-state index in [9.17, 15) is 0 Å². The summed E-state index contributed by atoms with van der Waals surface area (Å²) < 4.78 is 7.45. The summed E-state index contributed by atoms with van der Waals surface area (Å²) in [6, 6.07) is 3.50. The van der Waals surface area contributed by atoms with Gasteiger partial charge in [-0.25, -0.2) is 4.98 Å². The van der Waals surface area contributed by atoms with Crippen molar-refractivity contribution in [2.45, 2.75) is 26.3 Å². The third-order valence-corrected chi connectivity index (χ3v) is 4.02. The van der Waals surface area contributed by atoms with E-state index in [1.807, 2.05) is 18.8 Å². The minimum absolute atomic E-state index is 0.384. The van der Waals surface area contributed by atoms with Gasteiger partial charge >= 0.3 is 0 Å². The SMILES string of the molecule is CN=C(NCCOc1ccc(Cl)cn1)N(C)Cc1cn(C)nc1C(C)C. The molecule has 0 saturated carbocycles. The van der Waals surface area contributed by atoms with Gasteiger partial charge in [-0.05, 0) is 12.0 Å². The number of aromatic nitrogens is 3. The van der Waals surface area contributed by atoms with Crippen LogP contribution in [0, 0.1) is 0 Å². The molecule has 0 aliphatic rings. The number of hydrogen-bond acceptors (Lipinski definition) is 4. The minimum atomic E-state index is 0.384. The van der Waals surface area contributed by atoms with E-state index in [1.54, 1.807) is 25.4 Å². The van der Waals surface area contributed by atoms with Gasteiger partial charge in [0.05, 0.1) is 17.3 Å². The van der Waals surface area contributed by atoms with Crippen LogP contribution >= 0.6 is 11.6 Å². The fraction of sp³-hybridized carbons (Fsp3) is 0.500. The molecule has 0 amide bonds. The van der Waals surface area contributed by atoms with Crippen LogP contribution in [0.5, 0.6) is 5.88 Å². The molecule has 8 heteroatoms. The molecule has 142 valence electrons. The number of guanidine groups is 1. The molecule has 2 rings (SSSR count). The lowest BCUT2D eigenvalue weighted by Gasteiger charge is -2.22. The smallest absolute Gasteiger partial charge is 0.213 e. The van der Waals surface area contributed by atoms with Crippen molar-refractivity contribution >= 4 is 17.6 Å². The number of ether oxygens (including phenoxy) is 1. The maximum absolute atomic E-state index is 5.81. The average molecular weight is 379 g/mol. The van der Waals surface area contributed by atoms with Gasteiger partial charge in [-0.15, -0.1) is 0 Å². The molecule has 0 spiro atoms. The van der Waals surface area contributed by atoms with E-state index in [1.165, 1.54) is 5.56 Å². The van der Waals surface area contributed by atoms with Gasteiger partial charge in [0.1, 0.15) is 6.61 Å². The quantitative estimate of drug-likeness (QED) is 0.456. The number of nitrogens with zero attached hydrogens (tertiary/aromatic N) is 5. The predicted octanol–water partition coefficient (Wildman–Crippen LogP) is 2.68. The molecule has 26 heavy (non-hydrogen) atoms. The van der Waals surface area contributed by atoms with Crippen LogP contribution in [0.4, 0.5) is 0 Å². The molecule has 0 saturated heterocycles. The van der Waals surface area contributed by atoms with Crippen LogP contribution in [-0.4, -0.2) is 52.9 Å².